The van der Waals surface area contributed by atoms with Gasteiger partial charge in [-0.15, -0.1) is 0 Å². The van der Waals surface area contributed by atoms with Crippen molar-refractivity contribution in [1.82, 2.24) is 0 Å². The predicted octanol–water partition coefficient (Wildman–Crippen LogP) is 6.95. The van der Waals surface area contributed by atoms with Crippen molar-refractivity contribution in [3.63, 3.8) is 0 Å². The molecule has 0 spiro atoms. The molecule has 0 aliphatic carbocycles. The number of carbonyl (C=O) groups is 3. The Labute approximate surface area is 227 Å². The number of allylic oxidation sites excluding steroid dienone is 1. The van der Waals surface area contributed by atoms with E-state index in [1.54, 1.807) is 60.7 Å². The van der Waals surface area contributed by atoms with Gasteiger partial charge >= 0.3 is 6.03 Å². The molecular weight excluding hydrogens is 498 g/mol. The van der Waals surface area contributed by atoms with Crippen molar-refractivity contribution in [3.05, 3.63) is 101 Å². The number of anilines is 3. The van der Waals surface area contributed by atoms with Crippen molar-refractivity contribution < 1.29 is 14.4 Å². The van der Waals surface area contributed by atoms with E-state index in [1.165, 1.54) is 6.08 Å². The fourth-order valence-electron chi connectivity index (χ4n) is 5.30. The van der Waals surface area contributed by atoms with Crippen molar-refractivity contribution in [1.29, 1.82) is 0 Å². The van der Waals surface area contributed by atoms with Gasteiger partial charge in [-0.05, 0) is 81.3 Å². The molecule has 6 nitrogen and oxygen atoms in total. The SMILES string of the molecule is CCN1c2cc(Cl)c(C=C3C(=O)N(c4ccccc4)C(=O)N(c4ccccc4)C3=O)cc2C(C)=CC1(C)C. The Kier molecular flexibility index (Phi) is 6.45. The number of nitrogens with zero attached hydrogens (tertiary/aromatic N) is 3. The number of hydrogen-bond acceptors (Lipinski definition) is 4. The highest BCUT2D eigenvalue weighted by Crippen LogP contribution is 2.42. The first kappa shape index (κ1) is 25.5. The first-order valence-electron chi connectivity index (χ1n) is 12.5. The third-order valence-electron chi connectivity index (χ3n) is 6.99. The smallest absolute Gasteiger partial charge is 0.343 e. The summed E-state index contributed by atoms with van der Waals surface area (Å²) in [6, 6.07) is 20.2. The highest BCUT2D eigenvalue weighted by atomic mass is 35.5. The summed E-state index contributed by atoms with van der Waals surface area (Å²) in [5.41, 5.74) is 4.00. The maximum atomic E-state index is 13.7. The van der Waals surface area contributed by atoms with Gasteiger partial charge in [0.05, 0.1) is 16.9 Å². The van der Waals surface area contributed by atoms with Gasteiger partial charge in [0.15, 0.2) is 0 Å². The van der Waals surface area contributed by atoms with Crippen LogP contribution in [0.25, 0.3) is 11.6 Å². The number of urea groups is 1. The lowest BCUT2D eigenvalue weighted by Crippen LogP contribution is -2.57. The van der Waals surface area contributed by atoms with Gasteiger partial charge in [0, 0.05) is 22.8 Å². The molecule has 0 saturated carbocycles. The summed E-state index contributed by atoms with van der Waals surface area (Å²) >= 11 is 6.77. The molecule has 0 bridgehead atoms. The zero-order valence-corrected chi connectivity index (χ0v) is 22.5. The van der Waals surface area contributed by atoms with Crippen LogP contribution in [0.2, 0.25) is 5.02 Å². The molecule has 3 aromatic rings. The molecule has 192 valence electrons. The number of halogens is 1. The van der Waals surface area contributed by atoms with Crippen molar-refractivity contribution >= 4 is 58.2 Å². The molecule has 1 fully saturated rings. The van der Waals surface area contributed by atoms with E-state index in [1.807, 2.05) is 19.1 Å². The van der Waals surface area contributed by atoms with E-state index < -0.39 is 17.8 Å². The van der Waals surface area contributed by atoms with Crippen LogP contribution in [0, 0.1) is 0 Å². The Morgan fingerprint density at radius 3 is 1.87 bits per heavy atom. The molecule has 1 saturated heterocycles. The minimum absolute atomic E-state index is 0.149. The number of rotatable bonds is 4. The fraction of sp³-hybridized carbons (Fsp3) is 0.194. The number of hydrogen-bond donors (Lipinski definition) is 0. The van der Waals surface area contributed by atoms with Gasteiger partial charge in [-0.2, -0.15) is 0 Å². The summed E-state index contributed by atoms with van der Waals surface area (Å²) in [4.78, 5) is 45.2. The maximum Gasteiger partial charge on any atom is 0.343 e. The van der Waals surface area contributed by atoms with E-state index >= 15 is 0 Å². The Morgan fingerprint density at radius 1 is 0.842 bits per heavy atom. The van der Waals surface area contributed by atoms with Gasteiger partial charge in [0.1, 0.15) is 5.57 Å². The molecule has 0 aromatic heterocycles. The zero-order valence-electron chi connectivity index (χ0n) is 21.7. The third kappa shape index (κ3) is 4.21. The minimum atomic E-state index is -0.731. The number of fused-ring (bicyclic) bond motifs is 1. The Morgan fingerprint density at radius 2 is 1.37 bits per heavy atom. The Hall–Kier alpha value is -4.16. The third-order valence-corrected chi connectivity index (χ3v) is 7.32. The van der Waals surface area contributed by atoms with Gasteiger partial charge in [0.25, 0.3) is 11.8 Å². The first-order valence-corrected chi connectivity index (χ1v) is 12.9. The van der Waals surface area contributed by atoms with Crippen LogP contribution >= 0.6 is 11.6 Å². The van der Waals surface area contributed by atoms with E-state index in [9.17, 15) is 14.4 Å². The minimum Gasteiger partial charge on any atom is -0.363 e. The van der Waals surface area contributed by atoms with E-state index in [0.717, 1.165) is 33.2 Å². The lowest BCUT2D eigenvalue weighted by Gasteiger charge is -2.43. The van der Waals surface area contributed by atoms with Gasteiger partial charge in [0.2, 0.25) is 0 Å². The Bertz CT molecular complexity index is 1450. The normalized spacial score (nSPS) is 17.0. The number of amides is 4. The summed E-state index contributed by atoms with van der Waals surface area (Å²) in [5.74, 6) is -1.40. The molecule has 0 atom stereocenters. The molecule has 7 heteroatoms. The van der Waals surface area contributed by atoms with Gasteiger partial charge < -0.3 is 4.90 Å². The van der Waals surface area contributed by atoms with Crippen LogP contribution in [0.1, 0.15) is 38.8 Å². The summed E-state index contributed by atoms with van der Waals surface area (Å²) in [7, 11) is 0. The quantitative estimate of drug-likeness (QED) is 0.273. The molecule has 0 N–H and O–H groups in total. The number of imide groups is 2. The van der Waals surface area contributed by atoms with E-state index in [-0.39, 0.29) is 11.1 Å². The first-order chi connectivity index (χ1) is 18.1. The van der Waals surface area contributed by atoms with Crippen LogP contribution in [0.15, 0.2) is 84.4 Å². The monoisotopic (exact) mass is 525 g/mol. The van der Waals surface area contributed by atoms with Crippen LogP contribution in [-0.2, 0) is 9.59 Å². The molecule has 2 aliphatic heterocycles. The van der Waals surface area contributed by atoms with Gasteiger partial charge in [-0.3, -0.25) is 9.59 Å². The van der Waals surface area contributed by atoms with Crippen LogP contribution in [0.5, 0.6) is 0 Å². The average molecular weight is 526 g/mol. The maximum absolute atomic E-state index is 13.7. The van der Waals surface area contributed by atoms with Crippen LogP contribution in [-0.4, -0.2) is 29.9 Å². The molecule has 2 aliphatic rings. The summed E-state index contributed by atoms with van der Waals surface area (Å²) < 4.78 is 0. The summed E-state index contributed by atoms with van der Waals surface area (Å²) in [6.45, 7) is 9.23. The summed E-state index contributed by atoms with van der Waals surface area (Å²) in [5, 5.41) is 0.412. The lowest BCUT2D eigenvalue weighted by molar-refractivity contribution is -0.121. The van der Waals surface area contributed by atoms with Crippen LogP contribution in [0.4, 0.5) is 21.9 Å². The molecule has 5 rings (SSSR count). The summed E-state index contributed by atoms with van der Waals surface area (Å²) in [6.07, 6.45) is 3.70. The largest absolute Gasteiger partial charge is 0.363 e. The molecular formula is C31H28ClN3O3. The van der Waals surface area contributed by atoms with E-state index in [4.69, 9.17) is 11.6 Å². The van der Waals surface area contributed by atoms with Gasteiger partial charge in [-0.1, -0.05) is 54.1 Å². The number of likely N-dealkylation sites (N-methyl/N-ethyl adjacent to an activating group) is 1. The number of carbonyl (C=O) groups excluding carboxylic acids is 3. The highest BCUT2D eigenvalue weighted by molar-refractivity contribution is 6.46. The molecule has 0 unspecified atom stereocenters. The zero-order chi connectivity index (χ0) is 27.2. The molecule has 38 heavy (non-hydrogen) atoms. The van der Waals surface area contributed by atoms with E-state index in [2.05, 4.69) is 31.7 Å². The fourth-order valence-corrected chi connectivity index (χ4v) is 5.51. The number of benzene rings is 3. The van der Waals surface area contributed by atoms with Crippen molar-refractivity contribution in [2.45, 2.75) is 33.2 Å². The molecule has 0 radical (unpaired) electrons. The van der Waals surface area contributed by atoms with Crippen molar-refractivity contribution in [2.75, 3.05) is 21.2 Å². The number of barbiturate groups is 1. The standard InChI is InChI=1S/C31H28ClN3O3/c1-5-33-27-18-26(32)21(16-24(27)20(2)19-31(33,3)4)17-25-28(36)34(22-12-8-6-9-13-22)30(38)35(29(25)37)23-14-10-7-11-15-23/h6-19H,5H2,1-4H3. The Balaban J connectivity index is 1.67. The second-order valence-corrected chi connectivity index (χ2v) is 10.3. The highest BCUT2D eigenvalue weighted by Gasteiger charge is 2.44. The van der Waals surface area contributed by atoms with Gasteiger partial charge in [-0.25, -0.2) is 14.6 Å². The van der Waals surface area contributed by atoms with Crippen molar-refractivity contribution in [2.24, 2.45) is 0 Å². The molecule has 2 heterocycles. The van der Waals surface area contributed by atoms with Crippen LogP contribution in [0.3, 0.4) is 0 Å². The predicted molar refractivity (Wildman–Crippen MR) is 153 cm³/mol. The number of para-hydroxylation sites is 2. The lowest BCUT2D eigenvalue weighted by atomic mass is 9.87. The second kappa shape index (κ2) is 9.62. The molecule has 3 aromatic carbocycles. The van der Waals surface area contributed by atoms with Crippen molar-refractivity contribution in [3.8, 4) is 0 Å². The average Bonchev–Trinajstić information content (AvgIpc) is 2.88. The topological polar surface area (TPSA) is 60.9 Å². The van der Waals surface area contributed by atoms with Crippen LogP contribution < -0.4 is 14.7 Å². The van der Waals surface area contributed by atoms with E-state index in [0.29, 0.717) is 22.0 Å². The molecule has 4 amide bonds. The second-order valence-electron chi connectivity index (χ2n) is 9.91.